The van der Waals surface area contributed by atoms with Crippen LogP contribution in [0.15, 0.2) is 11.8 Å². The molecule has 2 heteroatoms. The van der Waals surface area contributed by atoms with Crippen LogP contribution in [0.2, 0.25) is 0 Å². The smallest absolute Gasteiger partial charge is 0.201 e. The summed E-state index contributed by atoms with van der Waals surface area (Å²) in [6, 6.07) is 0. The molecule has 1 heterocycles. The second-order valence-electron chi connectivity index (χ2n) is 5.80. The molecule has 0 aromatic heterocycles. The van der Waals surface area contributed by atoms with E-state index in [1.165, 1.54) is 0 Å². The van der Waals surface area contributed by atoms with E-state index in [0.717, 1.165) is 12.8 Å². The molecule has 0 N–H and O–H groups in total. The molecule has 2 nitrogen and oxygen atoms in total. The van der Waals surface area contributed by atoms with Gasteiger partial charge in [0.2, 0.25) is 5.78 Å². The Morgan fingerprint density at radius 3 is 2.33 bits per heavy atom. The first-order valence-electron chi connectivity index (χ1n) is 5.76. The van der Waals surface area contributed by atoms with Gasteiger partial charge in [-0.25, -0.2) is 0 Å². The number of rotatable bonds is 2. The van der Waals surface area contributed by atoms with Crippen molar-refractivity contribution in [1.29, 1.82) is 0 Å². The molecule has 15 heavy (non-hydrogen) atoms. The molecule has 2 rings (SSSR count). The minimum atomic E-state index is 0.117. The van der Waals surface area contributed by atoms with Crippen molar-refractivity contribution in [2.75, 3.05) is 6.61 Å². The highest BCUT2D eigenvalue weighted by atomic mass is 16.5. The molecule has 0 bridgehead atoms. The van der Waals surface area contributed by atoms with E-state index in [0.29, 0.717) is 12.4 Å². The Morgan fingerprint density at radius 1 is 1.33 bits per heavy atom. The van der Waals surface area contributed by atoms with Gasteiger partial charge in [-0.05, 0) is 29.7 Å². The van der Waals surface area contributed by atoms with Crippen LogP contribution in [-0.4, -0.2) is 12.4 Å². The maximum Gasteiger partial charge on any atom is 0.201 e. The number of carbonyl (C=O) groups is 1. The lowest BCUT2D eigenvalue weighted by Gasteiger charge is -2.14. The van der Waals surface area contributed by atoms with Crippen molar-refractivity contribution >= 4 is 5.78 Å². The Hall–Kier alpha value is -0.790. The molecule has 1 saturated carbocycles. The van der Waals surface area contributed by atoms with Gasteiger partial charge in [-0.2, -0.15) is 0 Å². The molecule has 0 amide bonds. The molecule has 0 atom stereocenters. The molecule has 0 aromatic carbocycles. The second kappa shape index (κ2) is 3.10. The Labute approximate surface area is 91.7 Å². The van der Waals surface area contributed by atoms with Crippen LogP contribution in [0.5, 0.6) is 0 Å². The third-order valence-corrected chi connectivity index (χ3v) is 4.46. The van der Waals surface area contributed by atoms with Gasteiger partial charge in [0.05, 0.1) is 6.61 Å². The van der Waals surface area contributed by atoms with Crippen molar-refractivity contribution in [2.24, 2.45) is 16.7 Å². The first-order chi connectivity index (χ1) is 6.89. The van der Waals surface area contributed by atoms with Crippen LogP contribution in [0.4, 0.5) is 0 Å². The summed E-state index contributed by atoms with van der Waals surface area (Å²) in [5, 5.41) is 0. The lowest BCUT2D eigenvalue weighted by atomic mass is 10.0. The number of allylic oxidation sites excluding steroid dienone is 2. The lowest BCUT2D eigenvalue weighted by Crippen LogP contribution is -2.15. The van der Waals surface area contributed by atoms with E-state index >= 15 is 0 Å². The van der Waals surface area contributed by atoms with Gasteiger partial charge < -0.3 is 4.74 Å². The second-order valence-corrected chi connectivity index (χ2v) is 5.80. The zero-order chi connectivity index (χ0) is 11.3. The summed E-state index contributed by atoms with van der Waals surface area (Å²) in [7, 11) is 0. The van der Waals surface area contributed by atoms with Crippen LogP contribution < -0.4 is 0 Å². The number of ether oxygens (including phenoxy) is 1. The molecule has 1 fully saturated rings. The van der Waals surface area contributed by atoms with E-state index < -0.39 is 0 Å². The minimum absolute atomic E-state index is 0.117. The zero-order valence-corrected chi connectivity index (χ0v) is 10.1. The standard InChI is InChI=1S/C13H20O2/c1-12(2)11(13(12,3)4)10(14)9-7-5-6-8-15-9/h7,11H,5-6,8H2,1-4H3. The molecule has 2 aliphatic rings. The highest BCUT2D eigenvalue weighted by Crippen LogP contribution is 2.69. The SMILES string of the molecule is CC1(C)C(C(=O)C2=CCCCO2)C1(C)C. The van der Waals surface area contributed by atoms with Crippen LogP contribution in [0.3, 0.4) is 0 Å². The summed E-state index contributed by atoms with van der Waals surface area (Å²) in [6.07, 6.45) is 3.97. The molecule has 84 valence electrons. The molecular formula is C13H20O2. The third-order valence-electron chi connectivity index (χ3n) is 4.46. The van der Waals surface area contributed by atoms with Gasteiger partial charge in [-0.3, -0.25) is 4.79 Å². The van der Waals surface area contributed by atoms with Crippen LogP contribution in [0.25, 0.3) is 0 Å². The molecule has 1 aliphatic heterocycles. The number of carbonyl (C=O) groups excluding carboxylic acids is 1. The predicted octanol–water partition coefficient (Wildman–Crippen LogP) is 2.93. The molecule has 0 unspecified atom stereocenters. The van der Waals surface area contributed by atoms with Gasteiger partial charge in [0.15, 0.2) is 5.76 Å². The largest absolute Gasteiger partial charge is 0.490 e. The van der Waals surface area contributed by atoms with E-state index in [4.69, 9.17) is 4.74 Å². The maximum atomic E-state index is 12.2. The van der Waals surface area contributed by atoms with Gasteiger partial charge in [0.25, 0.3) is 0 Å². The van der Waals surface area contributed by atoms with Gasteiger partial charge in [-0.15, -0.1) is 0 Å². The molecule has 0 spiro atoms. The summed E-state index contributed by atoms with van der Waals surface area (Å²) in [5.41, 5.74) is 0.234. The van der Waals surface area contributed by atoms with Crippen LogP contribution in [0.1, 0.15) is 40.5 Å². The minimum Gasteiger partial charge on any atom is -0.490 e. The van der Waals surface area contributed by atoms with Crippen LogP contribution >= 0.6 is 0 Å². The topological polar surface area (TPSA) is 26.3 Å². The van der Waals surface area contributed by atoms with E-state index in [-0.39, 0.29) is 22.5 Å². The summed E-state index contributed by atoms with van der Waals surface area (Å²) in [4.78, 5) is 12.2. The molecule has 0 saturated heterocycles. The van der Waals surface area contributed by atoms with Crippen LogP contribution in [0, 0.1) is 16.7 Å². The highest BCUT2D eigenvalue weighted by molar-refractivity contribution is 5.99. The number of hydrogen-bond donors (Lipinski definition) is 0. The van der Waals surface area contributed by atoms with Crippen molar-refractivity contribution in [1.82, 2.24) is 0 Å². The van der Waals surface area contributed by atoms with E-state index in [1.807, 2.05) is 6.08 Å². The van der Waals surface area contributed by atoms with Crippen LogP contribution in [-0.2, 0) is 9.53 Å². The van der Waals surface area contributed by atoms with E-state index in [9.17, 15) is 4.79 Å². The quantitative estimate of drug-likeness (QED) is 0.697. The number of hydrogen-bond acceptors (Lipinski definition) is 2. The zero-order valence-electron chi connectivity index (χ0n) is 10.1. The van der Waals surface area contributed by atoms with Crippen molar-refractivity contribution < 1.29 is 9.53 Å². The highest BCUT2D eigenvalue weighted by Gasteiger charge is 2.68. The van der Waals surface area contributed by atoms with Gasteiger partial charge in [0, 0.05) is 5.92 Å². The predicted molar refractivity (Wildman–Crippen MR) is 59.3 cm³/mol. The number of Topliss-reactive ketones (excluding diaryl/α,β-unsaturated/α-hetero) is 1. The van der Waals surface area contributed by atoms with E-state index in [2.05, 4.69) is 27.7 Å². The summed E-state index contributed by atoms with van der Waals surface area (Å²) < 4.78 is 5.44. The summed E-state index contributed by atoms with van der Waals surface area (Å²) in [6.45, 7) is 9.36. The Morgan fingerprint density at radius 2 is 1.93 bits per heavy atom. The fourth-order valence-corrected chi connectivity index (χ4v) is 2.72. The monoisotopic (exact) mass is 208 g/mol. The average Bonchev–Trinajstić information content (AvgIpc) is 2.58. The Bertz CT molecular complexity index is 309. The molecule has 1 aliphatic carbocycles. The first kappa shape index (κ1) is 10.7. The summed E-state index contributed by atoms with van der Waals surface area (Å²) in [5.74, 6) is 0.962. The van der Waals surface area contributed by atoms with Gasteiger partial charge in [0.1, 0.15) is 0 Å². The van der Waals surface area contributed by atoms with Crippen molar-refractivity contribution in [3.05, 3.63) is 11.8 Å². The molecule has 0 radical (unpaired) electrons. The summed E-state index contributed by atoms with van der Waals surface area (Å²) >= 11 is 0. The molecule has 0 aromatic rings. The molecular weight excluding hydrogens is 188 g/mol. The fraction of sp³-hybridized carbons (Fsp3) is 0.769. The van der Waals surface area contributed by atoms with E-state index in [1.54, 1.807) is 0 Å². The van der Waals surface area contributed by atoms with Gasteiger partial charge >= 0.3 is 0 Å². The van der Waals surface area contributed by atoms with Crippen molar-refractivity contribution in [3.8, 4) is 0 Å². The normalized spacial score (nSPS) is 27.9. The third kappa shape index (κ3) is 1.42. The van der Waals surface area contributed by atoms with Crippen molar-refractivity contribution in [2.45, 2.75) is 40.5 Å². The van der Waals surface area contributed by atoms with Crippen molar-refractivity contribution in [3.63, 3.8) is 0 Å². The average molecular weight is 208 g/mol. The Kier molecular flexibility index (Phi) is 2.21. The maximum absolute atomic E-state index is 12.2. The Balaban J connectivity index is 2.14. The lowest BCUT2D eigenvalue weighted by molar-refractivity contribution is -0.121. The number of ketones is 1. The first-order valence-corrected chi connectivity index (χ1v) is 5.76. The van der Waals surface area contributed by atoms with Gasteiger partial charge in [-0.1, -0.05) is 27.7 Å². The fourth-order valence-electron chi connectivity index (χ4n) is 2.72.